The fraction of sp³-hybridized carbons (Fsp3) is 0.400. The third-order valence-corrected chi connectivity index (χ3v) is 6.38. The summed E-state index contributed by atoms with van der Waals surface area (Å²) in [5, 5.41) is 4.48. The third-order valence-electron chi connectivity index (χ3n) is 6.38. The summed E-state index contributed by atoms with van der Waals surface area (Å²) in [6, 6.07) is 3.93. The van der Waals surface area contributed by atoms with Crippen LogP contribution < -0.4 is 4.90 Å². The lowest BCUT2D eigenvalue weighted by Crippen LogP contribution is -2.39. The van der Waals surface area contributed by atoms with Gasteiger partial charge in [-0.15, -0.1) is 0 Å². The quantitative estimate of drug-likeness (QED) is 0.355. The van der Waals surface area contributed by atoms with E-state index in [1.54, 1.807) is 0 Å². The van der Waals surface area contributed by atoms with Gasteiger partial charge in [-0.3, -0.25) is 4.68 Å². The first-order valence-corrected chi connectivity index (χ1v) is 11.9. The Morgan fingerprint density at radius 3 is 2.51 bits per heavy atom. The minimum Gasteiger partial charge on any atom is -0.370 e. The molecule has 0 radical (unpaired) electrons. The van der Waals surface area contributed by atoms with Gasteiger partial charge < -0.3 is 9.64 Å². The molecule has 1 saturated heterocycles. The second-order valence-electron chi connectivity index (χ2n) is 8.95. The highest BCUT2D eigenvalue weighted by Gasteiger charge is 2.29. The molecular formula is C25H25F4N7O. The Morgan fingerprint density at radius 1 is 1.03 bits per heavy atom. The number of morpholine rings is 1. The summed E-state index contributed by atoms with van der Waals surface area (Å²) in [4.78, 5) is 20.6. The fourth-order valence-corrected chi connectivity index (χ4v) is 4.20. The van der Waals surface area contributed by atoms with E-state index in [1.807, 2.05) is 35.8 Å². The highest BCUT2D eigenvalue weighted by Crippen LogP contribution is 2.36. The fourth-order valence-electron chi connectivity index (χ4n) is 4.20. The van der Waals surface area contributed by atoms with E-state index >= 15 is 0 Å². The van der Waals surface area contributed by atoms with Crippen molar-refractivity contribution in [3.05, 3.63) is 59.2 Å². The Morgan fingerprint density at radius 2 is 1.78 bits per heavy atom. The Balaban J connectivity index is 0.000000892. The highest BCUT2D eigenvalue weighted by atomic mass is 19.3. The molecule has 1 aromatic carbocycles. The molecule has 4 aromatic rings. The van der Waals surface area contributed by atoms with Crippen LogP contribution in [0.1, 0.15) is 41.9 Å². The van der Waals surface area contributed by atoms with Crippen LogP contribution in [0, 0.1) is 25.5 Å². The molecule has 6 rings (SSSR count). The Kier molecular flexibility index (Phi) is 7.00. The smallest absolute Gasteiger partial charge is 0.229 e. The number of hydrogen-bond acceptors (Lipinski definition) is 7. The van der Waals surface area contributed by atoms with Gasteiger partial charge in [0.1, 0.15) is 28.9 Å². The normalized spacial score (nSPS) is 17.6. The molecule has 0 amide bonds. The molecule has 2 aliphatic rings. The molecule has 1 aliphatic heterocycles. The zero-order valence-corrected chi connectivity index (χ0v) is 20.3. The van der Waals surface area contributed by atoms with Gasteiger partial charge >= 0.3 is 0 Å². The first kappa shape index (κ1) is 25.0. The summed E-state index contributed by atoms with van der Waals surface area (Å²) in [6.45, 7) is 3.51. The molecule has 2 fully saturated rings. The number of alkyl halides is 2. The van der Waals surface area contributed by atoms with Crippen LogP contribution in [0.5, 0.6) is 0 Å². The standard InChI is InChI=1S/C24H23F2N7O.CH2F2/c1-13-14(2)29-23-22(28-13)21(18-6-3-16(25)9-19(18)26)30-24(31-23)32-7-8-34-20(12-32)15-10-27-33(11-15)17-4-5-17;2-1-3/h3,6,9-11,17,20H,4-5,7-8,12H2,1-2H3;1H2. The number of hydrogen-bond donors (Lipinski definition) is 0. The van der Waals surface area contributed by atoms with Crippen molar-refractivity contribution in [1.29, 1.82) is 0 Å². The molecule has 1 unspecified atom stereocenters. The lowest BCUT2D eigenvalue weighted by molar-refractivity contribution is 0.0392. The van der Waals surface area contributed by atoms with Crippen LogP contribution in [0.4, 0.5) is 23.5 Å². The van der Waals surface area contributed by atoms with Gasteiger partial charge in [-0.25, -0.2) is 32.5 Å². The van der Waals surface area contributed by atoms with Gasteiger partial charge in [-0.1, -0.05) is 0 Å². The number of rotatable bonds is 4. The van der Waals surface area contributed by atoms with Gasteiger partial charge in [0, 0.05) is 29.9 Å². The maximum absolute atomic E-state index is 14.8. The number of aromatic nitrogens is 6. The first-order valence-electron chi connectivity index (χ1n) is 11.9. The van der Waals surface area contributed by atoms with Gasteiger partial charge in [0.15, 0.2) is 5.65 Å². The van der Waals surface area contributed by atoms with E-state index < -0.39 is 18.6 Å². The van der Waals surface area contributed by atoms with Gasteiger partial charge in [-0.05, 0) is 38.8 Å². The number of benzene rings is 1. The van der Waals surface area contributed by atoms with E-state index in [9.17, 15) is 17.6 Å². The Hall–Kier alpha value is -3.67. The number of fused-ring (bicyclic) bond motifs is 1. The van der Waals surface area contributed by atoms with Crippen LogP contribution in [0.15, 0.2) is 30.6 Å². The number of halogens is 4. The van der Waals surface area contributed by atoms with Crippen molar-refractivity contribution >= 4 is 17.1 Å². The van der Waals surface area contributed by atoms with E-state index in [0.717, 1.165) is 30.2 Å². The summed E-state index contributed by atoms with van der Waals surface area (Å²) in [5.41, 5.74) is 3.64. The van der Waals surface area contributed by atoms with Crippen molar-refractivity contribution in [3.63, 3.8) is 0 Å². The molecule has 194 valence electrons. The van der Waals surface area contributed by atoms with Crippen molar-refractivity contribution in [2.45, 2.75) is 38.8 Å². The molecule has 0 spiro atoms. The van der Waals surface area contributed by atoms with Gasteiger partial charge in [-0.2, -0.15) is 10.1 Å². The molecule has 0 N–H and O–H groups in total. The zero-order valence-electron chi connectivity index (χ0n) is 20.3. The summed E-state index contributed by atoms with van der Waals surface area (Å²) in [6.07, 6.45) is 6.03. The monoisotopic (exact) mass is 515 g/mol. The third kappa shape index (κ3) is 5.24. The van der Waals surface area contributed by atoms with E-state index in [4.69, 9.17) is 9.72 Å². The average molecular weight is 516 g/mol. The summed E-state index contributed by atoms with van der Waals surface area (Å²) >= 11 is 0. The second-order valence-corrected chi connectivity index (χ2v) is 8.95. The molecule has 1 aliphatic carbocycles. The summed E-state index contributed by atoms with van der Waals surface area (Å²) < 4.78 is 55.6. The summed E-state index contributed by atoms with van der Waals surface area (Å²) in [5.74, 6) is -0.953. The molecule has 3 aromatic heterocycles. The number of ether oxygens (including phenoxy) is 1. The molecular weight excluding hydrogens is 490 g/mol. The van der Waals surface area contributed by atoms with E-state index in [0.29, 0.717) is 48.5 Å². The predicted octanol–water partition coefficient (Wildman–Crippen LogP) is 4.97. The molecule has 12 heteroatoms. The van der Waals surface area contributed by atoms with Crippen LogP contribution in [-0.4, -0.2) is 56.3 Å². The van der Waals surface area contributed by atoms with Crippen molar-refractivity contribution in [2.75, 3.05) is 31.5 Å². The molecule has 1 saturated carbocycles. The van der Waals surface area contributed by atoms with Gasteiger partial charge in [0.05, 0.1) is 36.8 Å². The first-order chi connectivity index (χ1) is 17.9. The number of aryl methyl sites for hydroxylation is 2. The van der Waals surface area contributed by atoms with Crippen molar-refractivity contribution in [2.24, 2.45) is 0 Å². The highest BCUT2D eigenvalue weighted by molar-refractivity contribution is 5.88. The lowest BCUT2D eigenvalue weighted by atomic mass is 10.1. The van der Waals surface area contributed by atoms with Crippen LogP contribution in [-0.2, 0) is 4.74 Å². The van der Waals surface area contributed by atoms with Gasteiger partial charge in [0.25, 0.3) is 0 Å². The van der Waals surface area contributed by atoms with Crippen LogP contribution in [0.3, 0.4) is 0 Å². The molecule has 0 bridgehead atoms. The largest absolute Gasteiger partial charge is 0.370 e. The lowest BCUT2D eigenvalue weighted by Gasteiger charge is -2.32. The molecule has 1 atom stereocenters. The minimum absolute atomic E-state index is 0.156. The number of nitrogens with zero attached hydrogens (tertiary/aromatic N) is 7. The second kappa shape index (κ2) is 10.4. The van der Waals surface area contributed by atoms with Crippen LogP contribution >= 0.6 is 0 Å². The average Bonchev–Trinajstić information content (AvgIpc) is 3.61. The molecule has 4 heterocycles. The van der Waals surface area contributed by atoms with Crippen LogP contribution in [0.25, 0.3) is 22.4 Å². The van der Waals surface area contributed by atoms with Crippen molar-refractivity contribution in [1.82, 2.24) is 29.7 Å². The van der Waals surface area contributed by atoms with Crippen molar-refractivity contribution < 1.29 is 22.3 Å². The van der Waals surface area contributed by atoms with E-state index in [2.05, 4.69) is 20.1 Å². The van der Waals surface area contributed by atoms with E-state index in [1.165, 1.54) is 12.1 Å². The van der Waals surface area contributed by atoms with Gasteiger partial charge in [0.2, 0.25) is 12.9 Å². The maximum Gasteiger partial charge on any atom is 0.229 e. The zero-order chi connectivity index (χ0) is 26.1. The van der Waals surface area contributed by atoms with E-state index in [-0.39, 0.29) is 17.4 Å². The molecule has 8 nitrogen and oxygen atoms in total. The number of anilines is 1. The SMILES string of the molecule is Cc1nc2nc(N3CCOC(c4cnn(C5CC5)c4)C3)nc(-c3ccc(F)cc3F)c2nc1C.FCF. The minimum atomic E-state index is -1.75. The predicted molar refractivity (Wildman–Crippen MR) is 128 cm³/mol. The Bertz CT molecular complexity index is 1430. The van der Waals surface area contributed by atoms with Crippen molar-refractivity contribution in [3.8, 4) is 11.3 Å². The maximum atomic E-state index is 14.8. The molecule has 37 heavy (non-hydrogen) atoms. The Labute approximate surface area is 210 Å². The summed E-state index contributed by atoms with van der Waals surface area (Å²) in [7, 11) is 0. The van der Waals surface area contributed by atoms with Crippen LogP contribution in [0.2, 0.25) is 0 Å². The topological polar surface area (TPSA) is 81.9 Å².